The van der Waals surface area contributed by atoms with E-state index in [9.17, 15) is 0 Å². The second-order valence-electron chi connectivity index (χ2n) is 7.63. The van der Waals surface area contributed by atoms with Crippen LogP contribution in [0.4, 0.5) is 0 Å². The molecule has 0 aliphatic heterocycles. The maximum atomic E-state index is 4.60. The van der Waals surface area contributed by atoms with Crippen molar-refractivity contribution in [3.63, 3.8) is 0 Å². The van der Waals surface area contributed by atoms with Crippen LogP contribution in [0.3, 0.4) is 0 Å². The minimum Gasteiger partial charge on any atom is -0.359 e. The van der Waals surface area contributed by atoms with Crippen molar-refractivity contribution >= 4 is 0 Å². The normalized spacial score (nSPS) is 11.1. The van der Waals surface area contributed by atoms with Crippen LogP contribution < -0.4 is 14.1 Å². The van der Waals surface area contributed by atoms with Crippen molar-refractivity contribution in [1.82, 2.24) is 24.3 Å². The molecule has 0 saturated carbocycles. The lowest BCUT2D eigenvalue weighted by atomic mass is 10.2. The van der Waals surface area contributed by atoms with Gasteiger partial charge in [-0.3, -0.25) is 0 Å². The molecule has 5 aromatic rings. The standard InChI is InChI=1S/C24H24N7/c1-3-7-21(8-4-1)15-28-11-13-30(19-28)17-23-25-24(27-26-23)18-31-14-12-29(20-31)16-22-9-5-2-6-10-22/h1-14,19-20H,15-18H2/q+1. The summed E-state index contributed by atoms with van der Waals surface area (Å²) < 4.78 is 8.45. The highest BCUT2D eigenvalue weighted by molar-refractivity contribution is 5.13. The fraction of sp³-hybridized carbons (Fsp3) is 0.167. The van der Waals surface area contributed by atoms with Gasteiger partial charge >= 0.3 is 0 Å². The summed E-state index contributed by atoms with van der Waals surface area (Å²) >= 11 is 0. The molecule has 0 fully saturated rings. The summed E-state index contributed by atoms with van der Waals surface area (Å²) in [5.74, 6) is 1.45. The Balaban J connectivity index is 1.18. The first-order valence-corrected chi connectivity index (χ1v) is 10.3. The smallest absolute Gasteiger partial charge is 0.244 e. The predicted molar refractivity (Wildman–Crippen MR) is 114 cm³/mol. The summed E-state index contributed by atoms with van der Waals surface area (Å²) in [6.45, 7) is 2.90. The first-order chi connectivity index (χ1) is 15.3. The molecule has 7 heteroatoms. The topological polar surface area (TPSA) is 57.5 Å². The number of nitrogens with zero attached hydrogens (tertiary/aromatic N) is 7. The van der Waals surface area contributed by atoms with E-state index < -0.39 is 0 Å². The van der Waals surface area contributed by atoms with Gasteiger partial charge < -0.3 is 15.2 Å². The van der Waals surface area contributed by atoms with Gasteiger partial charge in [0, 0.05) is 11.6 Å². The molecule has 0 aliphatic rings. The molecule has 0 aliphatic carbocycles. The molecular weight excluding hydrogens is 386 g/mol. The van der Waals surface area contributed by atoms with E-state index in [-0.39, 0.29) is 0 Å². The van der Waals surface area contributed by atoms with Crippen LogP contribution in [0, 0.1) is 0 Å². The zero-order valence-electron chi connectivity index (χ0n) is 17.2. The van der Waals surface area contributed by atoms with E-state index in [1.165, 1.54) is 11.1 Å². The third kappa shape index (κ3) is 4.95. The van der Waals surface area contributed by atoms with Crippen molar-refractivity contribution in [3.05, 3.63) is 121 Å². The van der Waals surface area contributed by atoms with Crippen LogP contribution >= 0.6 is 0 Å². The summed E-state index contributed by atoms with van der Waals surface area (Å²) in [5.41, 5.74) is 2.55. The van der Waals surface area contributed by atoms with Gasteiger partial charge in [-0.15, -0.1) is 0 Å². The Labute approximate surface area is 180 Å². The molecule has 5 rings (SSSR count). The number of hydrogen-bond donors (Lipinski definition) is 0. The molecule has 31 heavy (non-hydrogen) atoms. The summed E-state index contributed by atoms with van der Waals surface area (Å²) in [6.07, 6.45) is 12.4. The molecular formula is C24H24N7+. The van der Waals surface area contributed by atoms with Crippen LogP contribution in [0.1, 0.15) is 22.8 Å². The van der Waals surface area contributed by atoms with Gasteiger partial charge in [0.1, 0.15) is 51.0 Å². The van der Waals surface area contributed by atoms with Crippen LogP contribution in [0.2, 0.25) is 0 Å². The van der Waals surface area contributed by atoms with E-state index in [4.69, 9.17) is 0 Å². The Morgan fingerprint density at radius 1 is 0.645 bits per heavy atom. The van der Waals surface area contributed by atoms with E-state index in [1.807, 2.05) is 24.5 Å². The highest BCUT2D eigenvalue weighted by atomic mass is 15.3. The summed E-state index contributed by atoms with van der Waals surface area (Å²) in [6, 6.07) is 20.8. The third-order valence-corrected chi connectivity index (χ3v) is 5.10. The molecule has 0 radical (unpaired) electrons. The van der Waals surface area contributed by atoms with Gasteiger partial charge in [0.15, 0.2) is 0 Å². The molecule has 0 amide bonds. The van der Waals surface area contributed by atoms with Crippen molar-refractivity contribution in [3.8, 4) is 0 Å². The van der Waals surface area contributed by atoms with E-state index in [1.54, 1.807) is 0 Å². The second-order valence-corrected chi connectivity index (χ2v) is 7.63. The summed E-state index contributed by atoms with van der Waals surface area (Å²) in [5, 5.41) is 8.53. The van der Waals surface area contributed by atoms with Crippen molar-refractivity contribution in [2.75, 3.05) is 0 Å². The number of benzene rings is 2. The average Bonchev–Trinajstić information content (AvgIpc) is 3.53. The van der Waals surface area contributed by atoms with Gasteiger partial charge in [-0.25, -0.2) is 18.3 Å². The van der Waals surface area contributed by atoms with Gasteiger partial charge in [-0.1, -0.05) is 60.7 Å². The first-order valence-electron chi connectivity index (χ1n) is 10.3. The van der Waals surface area contributed by atoms with Crippen molar-refractivity contribution in [1.29, 1.82) is 0 Å². The fourth-order valence-electron chi connectivity index (χ4n) is 3.61. The Kier molecular flexibility index (Phi) is 5.38. The average molecular weight is 411 g/mol. The molecule has 3 heterocycles. The Morgan fingerprint density at radius 3 is 1.55 bits per heavy atom. The zero-order chi connectivity index (χ0) is 20.9. The molecule has 0 bridgehead atoms. The molecule has 0 saturated heterocycles. The van der Waals surface area contributed by atoms with Gasteiger partial charge in [0.05, 0.1) is 0 Å². The van der Waals surface area contributed by atoms with Crippen molar-refractivity contribution in [2.24, 2.45) is 0 Å². The molecule has 0 unspecified atom stereocenters. The fourth-order valence-corrected chi connectivity index (χ4v) is 3.61. The van der Waals surface area contributed by atoms with E-state index in [2.05, 4.69) is 107 Å². The first kappa shape index (κ1) is 19.0. The number of imidazole rings is 2. The molecule has 2 aromatic carbocycles. The largest absolute Gasteiger partial charge is 0.359 e. The maximum Gasteiger partial charge on any atom is 0.244 e. The number of hydrogen-bond acceptors (Lipinski definition) is 2. The van der Waals surface area contributed by atoms with Crippen molar-refractivity contribution < 1.29 is 9.13 Å². The zero-order valence-corrected chi connectivity index (χ0v) is 17.2. The number of rotatable bonds is 8. The Morgan fingerprint density at radius 2 is 1.10 bits per heavy atom. The quantitative estimate of drug-likeness (QED) is 0.367. The van der Waals surface area contributed by atoms with Gasteiger partial charge in [0.25, 0.3) is 0 Å². The highest BCUT2D eigenvalue weighted by Crippen LogP contribution is 2.01. The molecule has 3 aromatic heterocycles. The lowest BCUT2D eigenvalue weighted by molar-refractivity contribution is -0.688. The van der Waals surface area contributed by atoms with Gasteiger partial charge in [-0.05, 0) is 11.1 Å². The predicted octanol–water partition coefficient (Wildman–Crippen LogP) is 1.80. The minimum atomic E-state index is 0.606. The second kappa shape index (κ2) is 8.79. The monoisotopic (exact) mass is 410 g/mol. The molecule has 154 valence electrons. The maximum absolute atomic E-state index is 4.60. The summed E-state index contributed by atoms with van der Waals surface area (Å²) in [4.78, 5) is 4.60. The Hall–Kier alpha value is -4.00. The molecule has 0 N–H and O–H groups in total. The molecule has 0 spiro atoms. The van der Waals surface area contributed by atoms with Crippen LogP contribution in [0.5, 0.6) is 0 Å². The highest BCUT2D eigenvalue weighted by Gasteiger charge is 2.08. The van der Waals surface area contributed by atoms with E-state index in [0.29, 0.717) is 13.1 Å². The lowest BCUT2D eigenvalue weighted by Crippen LogP contribution is -2.31. The molecule has 0 atom stereocenters. The van der Waals surface area contributed by atoms with Crippen LogP contribution in [-0.4, -0.2) is 19.3 Å². The number of aromatic nitrogens is 7. The van der Waals surface area contributed by atoms with Crippen molar-refractivity contribution in [2.45, 2.75) is 26.2 Å². The third-order valence-electron chi connectivity index (χ3n) is 5.10. The summed E-state index contributed by atoms with van der Waals surface area (Å²) in [7, 11) is 0. The van der Waals surface area contributed by atoms with Crippen LogP contribution in [0.15, 0.2) is 98.1 Å². The van der Waals surface area contributed by atoms with Crippen LogP contribution in [-0.2, 0) is 26.2 Å². The van der Waals surface area contributed by atoms with E-state index in [0.717, 1.165) is 24.7 Å². The van der Waals surface area contributed by atoms with E-state index >= 15 is 0 Å². The van der Waals surface area contributed by atoms with Crippen LogP contribution in [0.25, 0.3) is 0 Å². The Bertz CT molecular complexity index is 1140. The SMILES string of the molecule is c1ccc(C[n+]2ccn(Cc3nnc(Cn4cc[n+](Cc5ccccc5)c4)[n-]3)c2)cc1. The molecule has 7 nitrogen and oxygen atoms in total. The lowest BCUT2D eigenvalue weighted by Gasteiger charge is -1.99. The minimum absolute atomic E-state index is 0.606. The van der Waals surface area contributed by atoms with Gasteiger partial charge in [0.2, 0.25) is 12.7 Å². The van der Waals surface area contributed by atoms with Gasteiger partial charge in [-0.2, -0.15) is 0 Å².